The van der Waals surface area contributed by atoms with Crippen LogP contribution < -0.4 is 5.32 Å². The van der Waals surface area contributed by atoms with Crippen molar-refractivity contribution in [2.45, 2.75) is 6.54 Å². The third-order valence-corrected chi connectivity index (χ3v) is 3.56. The number of amides is 1. The van der Waals surface area contributed by atoms with Crippen molar-refractivity contribution in [1.29, 1.82) is 0 Å². The number of hydrogen-bond donors (Lipinski definition) is 3. The van der Waals surface area contributed by atoms with Crippen molar-refractivity contribution in [3.8, 4) is 0 Å². The van der Waals surface area contributed by atoms with Crippen LogP contribution in [0, 0.1) is 0 Å². The fourth-order valence-electron chi connectivity index (χ4n) is 2.17. The van der Waals surface area contributed by atoms with Gasteiger partial charge < -0.3 is 15.2 Å². The molecule has 22 heavy (non-hydrogen) atoms. The molecule has 0 aromatic carbocycles. The number of anilines is 1. The number of rotatable bonds is 4. The molecule has 0 bridgehead atoms. The molecule has 0 atom stereocenters. The number of nitrogens with one attached hydrogen (secondary N) is 3. The van der Waals surface area contributed by atoms with Gasteiger partial charge in [0.1, 0.15) is 10.3 Å². The van der Waals surface area contributed by atoms with Crippen LogP contribution in [0.4, 0.5) is 5.82 Å². The van der Waals surface area contributed by atoms with Crippen LogP contribution in [-0.4, -0.2) is 45.1 Å². The van der Waals surface area contributed by atoms with E-state index in [1.165, 1.54) is 0 Å². The molecule has 0 unspecified atom stereocenters. The minimum Gasteiger partial charge on any atom is -0.353 e. The monoisotopic (exact) mass is 362 g/mol. The lowest BCUT2D eigenvalue weighted by molar-refractivity contribution is 0.102. The van der Waals surface area contributed by atoms with Gasteiger partial charge in [0.05, 0.1) is 11.7 Å². The van der Waals surface area contributed by atoms with E-state index in [9.17, 15) is 4.79 Å². The third-order valence-electron chi connectivity index (χ3n) is 3.12. The second-order valence-corrected chi connectivity index (χ2v) is 6.03. The normalized spacial score (nSPS) is 11.3. The molecule has 114 valence electrons. The van der Waals surface area contributed by atoms with Gasteiger partial charge in [-0.25, -0.2) is 4.98 Å². The zero-order chi connectivity index (χ0) is 15.7. The van der Waals surface area contributed by atoms with Crippen LogP contribution in [0.3, 0.4) is 0 Å². The largest absolute Gasteiger partial charge is 0.353 e. The van der Waals surface area contributed by atoms with E-state index in [2.05, 4.69) is 41.4 Å². The summed E-state index contributed by atoms with van der Waals surface area (Å²) in [6, 6.07) is 5.47. The third kappa shape index (κ3) is 3.02. The van der Waals surface area contributed by atoms with Gasteiger partial charge in [-0.15, -0.1) is 0 Å². The fourth-order valence-corrected chi connectivity index (χ4v) is 2.50. The molecule has 3 aromatic rings. The Bertz CT molecular complexity index is 822. The summed E-state index contributed by atoms with van der Waals surface area (Å²) >= 11 is 3.31. The van der Waals surface area contributed by atoms with Crippen molar-refractivity contribution in [1.82, 2.24) is 25.1 Å². The van der Waals surface area contributed by atoms with Gasteiger partial charge in [0.2, 0.25) is 0 Å². The number of fused-ring (bicyclic) bond motifs is 1. The van der Waals surface area contributed by atoms with Crippen LogP contribution in [0.1, 0.15) is 16.2 Å². The van der Waals surface area contributed by atoms with Gasteiger partial charge in [-0.1, -0.05) is 0 Å². The molecule has 0 aliphatic heterocycles. The number of aromatic amines is 2. The van der Waals surface area contributed by atoms with Gasteiger partial charge >= 0.3 is 0 Å². The van der Waals surface area contributed by atoms with Crippen molar-refractivity contribution in [3.05, 3.63) is 40.4 Å². The molecule has 0 radical (unpaired) electrons. The number of halogens is 1. The van der Waals surface area contributed by atoms with Crippen molar-refractivity contribution >= 4 is 38.6 Å². The standard InChI is InChI=1S/C14H15BrN6O/c1-21(2)7-8-3-4-10(17-8)14(22)18-13-9-5-12(15)16-6-11(9)19-20-13/h3-6,17H,7H2,1-2H3,(H2,18,19,20,22). The number of pyridine rings is 1. The van der Waals surface area contributed by atoms with E-state index in [-0.39, 0.29) is 5.91 Å². The molecule has 1 amide bonds. The maximum atomic E-state index is 12.3. The van der Waals surface area contributed by atoms with Crippen molar-refractivity contribution in [3.63, 3.8) is 0 Å². The highest BCUT2D eigenvalue weighted by atomic mass is 79.9. The van der Waals surface area contributed by atoms with E-state index < -0.39 is 0 Å². The summed E-state index contributed by atoms with van der Waals surface area (Å²) in [7, 11) is 3.95. The lowest BCUT2D eigenvalue weighted by Crippen LogP contribution is -2.14. The number of hydrogen-bond acceptors (Lipinski definition) is 4. The van der Waals surface area contributed by atoms with Crippen molar-refractivity contribution in [2.24, 2.45) is 0 Å². The Morgan fingerprint density at radius 1 is 1.41 bits per heavy atom. The molecular weight excluding hydrogens is 348 g/mol. The van der Waals surface area contributed by atoms with E-state index in [1.54, 1.807) is 18.3 Å². The SMILES string of the molecule is CN(C)Cc1ccc(C(=O)Nc2n[nH]c3cnc(Br)cc23)[nH]1. The summed E-state index contributed by atoms with van der Waals surface area (Å²) in [6.07, 6.45) is 1.66. The maximum absolute atomic E-state index is 12.3. The Balaban J connectivity index is 1.81. The highest BCUT2D eigenvalue weighted by Crippen LogP contribution is 2.22. The van der Waals surface area contributed by atoms with E-state index in [0.717, 1.165) is 23.1 Å². The van der Waals surface area contributed by atoms with E-state index in [4.69, 9.17) is 0 Å². The Kier molecular flexibility index (Phi) is 3.95. The van der Waals surface area contributed by atoms with E-state index >= 15 is 0 Å². The Morgan fingerprint density at radius 2 is 2.23 bits per heavy atom. The number of carbonyl (C=O) groups is 1. The Hall–Kier alpha value is -2.19. The molecule has 3 rings (SSSR count). The molecule has 0 fully saturated rings. The highest BCUT2D eigenvalue weighted by Gasteiger charge is 2.13. The molecule has 3 N–H and O–H groups in total. The molecule has 0 spiro atoms. The van der Waals surface area contributed by atoms with Crippen LogP contribution >= 0.6 is 15.9 Å². The van der Waals surface area contributed by atoms with Crippen LogP contribution in [0.2, 0.25) is 0 Å². The number of aromatic nitrogens is 4. The van der Waals surface area contributed by atoms with Gasteiger partial charge in [0.15, 0.2) is 5.82 Å². The van der Waals surface area contributed by atoms with Crippen LogP contribution in [0.25, 0.3) is 10.9 Å². The van der Waals surface area contributed by atoms with Gasteiger partial charge in [-0.3, -0.25) is 9.89 Å². The maximum Gasteiger partial charge on any atom is 0.273 e. The lowest BCUT2D eigenvalue weighted by atomic mass is 10.3. The van der Waals surface area contributed by atoms with E-state index in [0.29, 0.717) is 16.1 Å². The molecule has 0 saturated heterocycles. The summed E-state index contributed by atoms with van der Waals surface area (Å²) in [4.78, 5) is 21.5. The number of carbonyl (C=O) groups excluding carboxylic acids is 1. The van der Waals surface area contributed by atoms with Crippen LogP contribution in [0.5, 0.6) is 0 Å². The molecular formula is C14H15BrN6O. The predicted molar refractivity (Wildman–Crippen MR) is 87.7 cm³/mol. The fraction of sp³-hybridized carbons (Fsp3) is 0.214. The van der Waals surface area contributed by atoms with Gasteiger partial charge in [-0.05, 0) is 48.2 Å². The zero-order valence-electron chi connectivity index (χ0n) is 12.1. The first-order chi connectivity index (χ1) is 10.5. The number of H-pyrrole nitrogens is 2. The molecule has 7 nitrogen and oxygen atoms in total. The highest BCUT2D eigenvalue weighted by molar-refractivity contribution is 9.10. The first-order valence-corrected chi connectivity index (χ1v) is 7.46. The second-order valence-electron chi connectivity index (χ2n) is 5.21. The van der Waals surface area contributed by atoms with Crippen molar-refractivity contribution in [2.75, 3.05) is 19.4 Å². The van der Waals surface area contributed by atoms with Crippen LogP contribution in [0.15, 0.2) is 29.0 Å². The second kappa shape index (κ2) is 5.90. The van der Waals surface area contributed by atoms with Gasteiger partial charge in [0, 0.05) is 17.6 Å². The van der Waals surface area contributed by atoms with Crippen LogP contribution in [-0.2, 0) is 6.54 Å². The first kappa shape index (κ1) is 14.7. The summed E-state index contributed by atoms with van der Waals surface area (Å²) < 4.78 is 0.685. The molecule has 0 aliphatic carbocycles. The smallest absolute Gasteiger partial charge is 0.273 e. The predicted octanol–water partition coefficient (Wildman–Crippen LogP) is 2.36. The Labute approximate surface area is 135 Å². The summed E-state index contributed by atoms with van der Waals surface area (Å²) in [5.74, 6) is 0.248. The summed E-state index contributed by atoms with van der Waals surface area (Å²) in [6.45, 7) is 0.747. The van der Waals surface area contributed by atoms with Crippen molar-refractivity contribution < 1.29 is 4.79 Å². The molecule has 3 aromatic heterocycles. The van der Waals surface area contributed by atoms with E-state index in [1.807, 2.05) is 25.1 Å². The molecule has 8 heteroatoms. The summed E-state index contributed by atoms with van der Waals surface area (Å²) in [5, 5.41) is 10.6. The van der Waals surface area contributed by atoms with Gasteiger partial charge in [0.25, 0.3) is 5.91 Å². The Morgan fingerprint density at radius 3 is 3.00 bits per heavy atom. The zero-order valence-corrected chi connectivity index (χ0v) is 13.7. The first-order valence-electron chi connectivity index (χ1n) is 6.66. The molecule has 0 saturated carbocycles. The minimum absolute atomic E-state index is 0.230. The molecule has 0 aliphatic rings. The summed E-state index contributed by atoms with van der Waals surface area (Å²) in [5.41, 5.74) is 2.24. The average molecular weight is 363 g/mol. The quantitative estimate of drug-likeness (QED) is 0.621. The molecule has 3 heterocycles. The topological polar surface area (TPSA) is 89.7 Å². The van der Waals surface area contributed by atoms with Gasteiger partial charge in [-0.2, -0.15) is 5.10 Å². The lowest BCUT2D eigenvalue weighted by Gasteiger charge is -2.07. The number of nitrogens with zero attached hydrogens (tertiary/aromatic N) is 3. The minimum atomic E-state index is -0.230. The average Bonchev–Trinajstić information content (AvgIpc) is 3.06.